The van der Waals surface area contributed by atoms with Crippen LogP contribution in [0.4, 0.5) is 0 Å². The number of nitrogens with one attached hydrogen (secondary N) is 2. The van der Waals surface area contributed by atoms with E-state index >= 15 is 0 Å². The maximum absolute atomic E-state index is 5.77. The van der Waals surface area contributed by atoms with Gasteiger partial charge in [-0.2, -0.15) is 0 Å². The van der Waals surface area contributed by atoms with Crippen LogP contribution in [0.3, 0.4) is 0 Å². The van der Waals surface area contributed by atoms with Crippen LogP contribution >= 0.6 is 24.0 Å². The Morgan fingerprint density at radius 3 is 2.88 bits per heavy atom. The number of para-hydroxylation sites is 1. The Balaban J connectivity index is 0.00000243. The fourth-order valence-corrected chi connectivity index (χ4v) is 3.86. The largest absolute Gasteiger partial charge is 0.493 e. The van der Waals surface area contributed by atoms with Crippen LogP contribution in [0.15, 0.2) is 29.3 Å². The van der Waals surface area contributed by atoms with Crippen molar-refractivity contribution < 1.29 is 4.74 Å². The first kappa shape index (κ1) is 21.3. The molecule has 0 amide bonds. The quantitative estimate of drug-likeness (QED) is 0.391. The molecule has 3 rings (SSSR count). The zero-order chi connectivity index (χ0) is 17.5. The van der Waals surface area contributed by atoms with Gasteiger partial charge < -0.3 is 15.4 Å². The number of halogens is 1. The molecular formula is C20H33IN4O. The van der Waals surface area contributed by atoms with E-state index in [0.717, 1.165) is 44.4 Å². The van der Waals surface area contributed by atoms with Crippen LogP contribution in [0.2, 0.25) is 0 Å². The summed E-state index contributed by atoms with van der Waals surface area (Å²) in [6.07, 6.45) is 4.88. The average Bonchev–Trinajstić information content (AvgIpc) is 2.67. The van der Waals surface area contributed by atoms with Crippen molar-refractivity contribution in [3.63, 3.8) is 0 Å². The van der Waals surface area contributed by atoms with Crippen molar-refractivity contribution >= 4 is 29.9 Å². The summed E-state index contributed by atoms with van der Waals surface area (Å²) in [5, 5.41) is 7.04. The van der Waals surface area contributed by atoms with Crippen LogP contribution in [-0.2, 0) is 0 Å². The Morgan fingerprint density at radius 1 is 1.23 bits per heavy atom. The number of benzene rings is 1. The molecule has 26 heavy (non-hydrogen) atoms. The molecule has 1 fully saturated rings. The van der Waals surface area contributed by atoms with Gasteiger partial charge >= 0.3 is 0 Å². The first-order valence-electron chi connectivity index (χ1n) is 9.82. The van der Waals surface area contributed by atoms with Gasteiger partial charge in [0.1, 0.15) is 5.75 Å². The number of likely N-dealkylation sites (N-methyl/N-ethyl adjacent to an activating group) is 1. The molecular weight excluding hydrogens is 439 g/mol. The standard InChI is InChI=1S/C20H32N4O.HI/c1-3-21-20(22-15-16-9-7-8-13-24(16)4-2)23-18-12-14-25-19-11-6-5-10-17(18)19;/h5-6,10-11,16,18H,3-4,7-9,12-15H2,1-2H3,(H2,21,22,23);1H. The van der Waals surface area contributed by atoms with Crippen LogP contribution in [0.1, 0.15) is 51.1 Å². The van der Waals surface area contributed by atoms with Gasteiger partial charge in [0.2, 0.25) is 0 Å². The molecule has 2 aliphatic rings. The predicted octanol–water partition coefficient (Wildman–Crippen LogP) is 3.56. The molecule has 0 radical (unpaired) electrons. The second-order valence-electron chi connectivity index (χ2n) is 6.87. The van der Waals surface area contributed by atoms with Crippen LogP contribution in [0.25, 0.3) is 0 Å². The highest BCUT2D eigenvalue weighted by atomic mass is 127. The lowest BCUT2D eigenvalue weighted by atomic mass is 10.0. The predicted molar refractivity (Wildman–Crippen MR) is 119 cm³/mol. The zero-order valence-electron chi connectivity index (χ0n) is 16.0. The van der Waals surface area contributed by atoms with Crippen molar-refractivity contribution in [2.75, 3.05) is 32.8 Å². The van der Waals surface area contributed by atoms with Crippen molar-refractivity contribution in [2.24, 2.45) is 4.99 Å². The van der Waals surface area contributed by atoms with E-state index < -0.39 is 0 Å². The molecule has 0 aromatic heterocycles. The molecule has 0 bridgehead atoms. The molecule has 2 atom stereocenters. The third kappa shape index (κ3) is 5.49. The Labute approximate surface area is 175 Å². The number of hydrogen-bond acceptors (Lipinski definition) is 3. The molecule has 1 saturated heterocycles. The molecule has 2 aliphatic heterocycles. The number of likely N-dealkylation sites (tertiary alicyclic amines) is 1. The minimum absolute atomic E-state index is 0. The van der Waals surface area contributed by atoms with Gasteiger partial charge in [0.05, 0.1) is 19.2 Å². The molecule has 2 heterocycles. The van der Waals surface area contributed by atoms with Gasteiger partial charge in [0.15, 0.2) is 5.96 Å². The highest BCUT2D eigenvalue weighted by molar-refractivity contribution is 14.0. The maximum Gasteiger partial charge on any atom is 0.191 e. The van der Waals surface area contributed by atoms with Gasteiger partial charge in [0, 0.05) is 24.6 Å². The van der Waals surface area contributed by atoms with Gasteiger partial charge in [-0.25, -0.2) is 0 Å². The maximum atomic E-state index is 5.77. The second-order valence-corrected chi connectivity index (χ2v) is 6.87. The summed E-state index contributed by atoms with van der Waals surface area (Å²) in [6.45, 7) is 9.21. The topological polar surface area (TPSA) is 48.9 Å². The van der Waals surface area contributed by atoms with E-state index in [1.165, 1.54) is 31.4 Å². The molecule has 1 aromatic rings. The fraction of sp³-hybridized carbons (Fsp3) is 0.650. The van der Waals surface area contributed by atoms with E-state index in [-0.39, 0.29) is 30.0 Å². The number of guanidine groups is 1. The first-order chi connectivity index (χ1) is 12.3. The number of hydrogen-bond donors (Lipinski definition) is 2. The van der Waals surface area contributed by atoms with Gasteiger partial charge in [-0.1, -0.05) is 31.5 Å². The minimum Gasteiger partial charge on any atom is -0.493 e. The zero-order valence-corrected chi connectivity index (χ0v) is 18.4. The summed E-state index contributed by atoms with van der Waals surface area (Å²) in [7, 11) is 0. The highest BCUT2D eigenvalue weighted by Crippen LogP contribution is 2.31. The normalized spacial score (nSPS) is 23.4. The molecule has 5 nitrogen and oxygen atoms in total. The highest BCUT2D eigenvalue weighted by Gasteiger charge is 2.23. The molecule has 2 N–H and O–H groups in total. The van der Waals surface area contributed by atoms with Crippen molar-refractivity contribution in [1.29, 1.82) is 0 Å². The van der Waals surface area contributed by atoms with Crippen molar-refractivity contribution in [3.05, 3.63) is 29.8 Å². The van der Waals surface area contributed by atoms with E-state index in [4.69, 9.17) is 9.73 Å². The van der Waals surface area contributed by atoms with Crippen LogP contribution in [0, 0.1) is 0 Å². The van der Waals surface area contributed by atoms with Gasteiger partial charge in [0.25, 0.3) is 0 Å². The SMILES string of the molecule is CCNC(=NCC1CCCCN1CC)NC1CCOc2ccccc21.I. The Kier molecular flexibility index (Phi) is 8.98. The molecule has 2 unspecified atom stereocenters. The molecule has 0 saturated carbocycles. The average molecular weight is 472 g/mol. The summed E-state index contributed by atoms with van der Waals surface area (Å²) in [5.74, 6) is 1.91. The molecule has 0 spiro atoms. The van der Waals surface area contributed by atoms with Crippen molar-refractivity contribution in [3.8, 4) is 5.75 Å². The van der Waals surface area contributed by atoms with Gasteiger partial charge in [-0.15, -0.1) is 24.0 Å². The summed E-state index contributed by atoms with van der Waals surface area (Å²) in [5.41, 5.74) is 1.23. The monoisotopic (exact) mass is 472 g/mol. The number of fused-ring (bicyclic) bond motifs is 1. The van der Waals surface area contributed by atoms with Crippen LogP contribution in [0.5, 0.6) is 5.75 Å². The third-order valence-electron chi connectivity index (χ3n) is 5.23. The Hall–Kier alpha value is -1.02. The summed E-state index contributed by atoms with van der Waals surface area (Å²) in [4.78, 5) is 7.48. The van der Waals surface area contributed by atoms with Crippen LogP contribution in [-0.4, -0.2) is 49.7 Å². The first-order valence-corrected chi connectivity index (χ1v) is 9.82. The lowest BCUT2D eigenvalue weighted by Crippen LogP contribution is -2.44. The number of nitrogens with zero attached hydrogens (tertiary/aromatic N) is 2. The second kappa shape index (κ2) is 11.0. The third-order valence-corrected chi connectivity index (χ3v) is 5.23. The van der Waals surface area contributed by atoms with Crippen molar-refractivity contribution in [1.82, 2.24) is 15.5 Å². The Morgan fingerprint density at radius 2 is 2.08 bits per heavy atom. The lowest BCUT2D eigenvalue weighted by Gasteiger charge is -2.34. The minimum atomic E-state index is 0. The van der Waals surface area contributed by atoms with E-state index in [1.54, 1.807) is 0 Å². The number of rotatable bonds is 5. The smallest absolute Gasteiger partial charge is 0.191 e. The summed E-state index contributed by atoms with van der Waals surface area (Å²) >= 11 is 0. The van der Waals surface area contributed by atoms with Gasteiger partial charge in [-0.3, -0.25) is 9.89 Å². The van der Waals surface area contributed by atoms with Gasteiger partial charge in [-0.05, 0) is 38.9 Å². The molecule has 1 aromatic carbocycles. The number of piperidine rings is 1. The van der Waals surface area contributed by atoms with E-state index in [1.807, 2.05) is 12.1 Å². The van der Waals surface area contributed by atoms with E-state index in [2.05, 4.69) is 41.5 Å². The molecule has 0 aliphatic carbocycles. The number of ether oxygens (including phenoxy) is 1. The summed E-state index contributed by atoms with van der Waals surface area (Å²) in [6, 6.07) is 9.15. The molecule has 146 valence electrons. The number of aliphatic imine (C=N–C) groups is 1. The lowest BCUT2D eigenvalue weighted by molar-refractivity contribution is 0.161. The summed E-state index contributed by atoms with van der Waals surface area (Å²) < 4.78 is 5.77. The molecule has 6 heteroatoms. The van der Waals surface area contributed by atoms with E-state index in [9.17, 15) is 0 Å². The Bertz CT molecular complexity index is 581. The van der Waals surface area contributed by atoms with Crippen molar-refractivity contribution in [2.45, 2.75) is 51.6 Å². The van der Waals surface area contributed by atoms with E-state index in [0.29, 0.717) is 6.04 Å². The van der Waals surface area contributed by atoms with Crippen LogP contribution < -0.4 is 15.4 Å². The fourth-order valence-electron chi connectivity index (χ4n) is 3.86.